The normalized spacial score (nSPS) is 23.6. The van der Waals surface area contributed by atoms with Gasteiger partial charge in [-0.25, -0.2) is 0 Å². The number of carbonyl (C=O) groups excluding carboxylic acids is 2. The Bertz CT molecular complexity index is 643. The van der Waals surface area contributed by atoms with E-state index in [2.05, 4.69) is 5.32 Å². The highest BCUT2D eigenvalue weighted by Crippen LogP contribution is 2.15. The Morgan fingerprint density at radius 2 is 1.96 bits per heavy atom. The molecule has 0 bridgehead atoms. The summed E-state index contributed by atoms with van der Waals surface area (Å²) in [6, 6.07) is 7.27. The minimum absolute atomic E-state index is 0.0668. The molecule has 2 fully saturated rings. The highest BCUT2D eigenvalue weighted by Gasteiger charge is 2.33. The molecule has 2 aliphatic heterocycles. The lowest BCUT2D eigenvalue weighted by Crippen LogP contribution is -2.60. The van der Waals surface area contributed by atoms with Crippen molar-refractivity contribution in [3.63, 3.8) is 0 Å². The van der Waals surface area contributed by atoms with Crippen molar-refractivity contribution < 1.29 is 19.1 Å². The maximum absolute atomic E-state index is 12.7. The molecule has 1 N–H and O–H groups in total. The standard InChI is InChI=1S/C19H27N3O4/c1-14-18(20-6-11-26-14)19(24)22-9-7-21(8-10-22)17(23)13-15-4-3-5-16(12-15)25-2/h3-5,12,14,18,20H,6-11,13H2,1-2H3/t14-,18+/m1/s1. The molecule has 2 amide bonds. The van der Waals surface area contributed by atoms with E-state index in [-0.39, 0.29) is 24.0 Å². The van der Waals surface area contributed by atoms with E-state index >= 15 is 0 Å². The van der Waals surface area contributed by atoms with E-state index in [0.717, 1.165) is 11.3 Å². The maximum atomic E-state index is 12.7. The van der Waals surface area contributed by atoms with Crippen molar-refractivity contribution in [3.8, 4) is 5.75 Å². The number of benzene rings is 1. The minimum atomic E-state index is -0.289. The van der Waals surface area contributed by atoms with Crippen LogP contribution in [0.25, 0.3) is 0 Å². The third kappa shape index (κ3) is 4.34. The van der Waals surface area contributed by atoms with Gasteiger partial charge < -0.3 is 24.6 Å². The third-order valence-electron chi connectivity index (χ3n) is 5.02. The molecule has 2 saturated heterocycles. The van der Waals surface area contributed by atoms with Crippen molar-refractivity contribution in [2.45, 2.75) is 25.5 Å². The van der Waals surface area contributed by atoms with Gasteiger partial charge in [-0.3, -0.25) is 9.59 Å². The van der Waals surface area contributed by atoms with Crippen LogP contribution in [0.3, 0.4) is 0 Å². The zero-order valence-corrected chi connectivity index (χ0v) is 15.4. The molecule has 26 heavy (non-hydrogen) atoms. The fourth-order valence-electron chi connectivity index (χ4n) is 3.45. The fraction of sp³-hybridized carbons (Fsp3) is 0.579. The largest absolute Gasteiger partial charge is 0.497 e. The van der Waals surface area contributed by atoms with Gasteiger partial charge in [0.25, 0.3) is 0 Å². The van der Waals surface area contributed by atoms with Crippen LogP contribution in [0.5, 0.6) is 5.75 Å². The molecule has 142 valence electrons. The summed E-state index contributed by atoms with van der Waals surface area (Å²) in [6.07, 6.45) is 0.226. The van der Waals surface area contributed by atoms with Gasteiger partial charge in [0.2, 0.25) is 11.8 Å². The van der Waals surface area contributed by atoms with E-state index in [4.69, 9.17) is 9.47 Å². The SMILES string of the molecule is COc1cccc(CC(=O)N2CCN(C(=O)[C@H]3NCCO[C@@H]3C)CC2)c1. The van der Waals surface area contributed by atoms with Gasteiger partial charge in [-0.1, -0.05) is 12.1 Å². The van der Waals surface area contributed by atoms with Gasteiger partial charge in [0.15, 0.2) is 0 Å². The van der Waals surface area contributed by atoms with Gasteiger partial charge in [0, 0.05) is 32.7 Å². The molecule has 0 aromatic heterocycles. The van der Waals surface area contributed by atoms with E-state index in [1.807, 2.05) is 41.0 Å². The van der Waals surface area contributed by atoms with Crippen LogP contribution >= 0.6 is 0 Å². The lowest BCUT2D eigenvalue weighted by Gasteiger charge is -2.38. The number of rotatable bonds is 4. The summed E-state index contributed by atoms with van der Waals surface area (Å²) >= 11 is 0. The molecular formula is C19H27N3O4. The van der Waals surface area contributed by atoms with Crippen LogP contribution in [-0.2, 0) is 20.7 Å². The van der Waals surface area contributed by atoms with Crippen LogP contribution in [0.2, 0.25) is 0 Å². The van der Waals surface area contributed by atoms with Crippen molar-refractivity contribution in [2.75, 3.05) is 46.4 Å². The summed E-state index contributed by atoms with van der Waals surface area (Å²) in [5.41, 5.74) is 0.935. The fourth-order valence-corrected chi connectivity index (χ4v) is 3.45. The Morgan fingerprint density at radius 3 is 2.65 bits per heavy atom. The van der Waals surface area contributed by atoms with Crippen LogP contribution in [-0.4, -0.2) is 80.2 Å². The molecular weight excluding hydrogens is 334 g/mol. The van der Waals surface area contributed by atoms with Gasteiger partial charge in [0.1, 0.15) is 11.8 Å². The van der Waals surface area contributed by atoms with Crippen LogP contribution < -0.4 is 10.1 Å². The van der Waals surface area contributed by atoms with Gasteiger partial charge in [-0.2, -0.15) is 0 Å². The van der Waals surface area contributed by atoms with Crippen LogP contribution in [0.4, 0.5) is 0 Å². The van der Waals surface area contributed by atoms with Crippen molar-refractivity contribution in [2.24, 2.45) is 0 Å². The zero-order chi connectivity index (χ0) is 18.5. The number of amides is 2. The van der Waals surface area contributed by atoms with Gasteiger partial charge >= 0.3 is 0 Å². The summed E-state index contributed by atoms with van der Waals surface area (Å²) in [6.45, 7) is 5.51. The monoisotopic (exact) mass is 361 g/mol. The van der Waals surface area contributed by atoms with Crippen molar-refractivity contribution >= 4 is 11.8 Å². The molecule has 0 saturated carbocycles. The smallest absolute Gasteiger partial charge is 0.242 e. The summed E-state index contributed by atoms with van der Waals surface area (Å²) in [5, 5.41) is 3.23. The Balaban J connectivity index is 1.51. The number of nitrogens with zero attached hydrogens (tertiary/aromatic N) is 2. The minimum Gasteiger partial charge on any atom is -0.497 e. The first-order valence-corrected chi connectivity index (χ1v) is 9.13. The van der Waals surface area contributed by atoms with Gasteiger partial charge in [-0.15, -0.1) is 0 Å². The molecule has 0 aliphatic carbocycles. The topological polar surface area (TPSA) is 71.1 Å². The summed E-state index contributed by atoms with van der Waals surface area (Å²) < 4.78 is 10.8. The first-order chi connectivity index (χ1) is 12.6. The van der Waals surface area contributed by atoms with Crippen molar-refractivity contribution in [1.82, 2.24) is 15.1 Å². The summed E-state index contributed by atoms with van der Waals surface area (Å²) in [4.78, 5) is 28.9. The highest BCUT2D eigenvalue weighted by atomic mass is 16.5. The number of nitrogens with one attached hydrogen (secondary N) is 1. The number of piperazine rings is 1. The quantitative estimate of drug-likeness (QED) is 0.834. The lowest BCUT2D eigenvalue weighted by molar-refractivity contribution is -0.144. The average molecular weight is 361 g/mol. The van der Waals surface area contributed by atoms with Crippen LogP contribution in [0.15, 0.2) is 24.3 Å². The molecule has 3 rings (SSSR count). The molecule has 1 aromatic rings. The van der Waals surface area contributed by atoms with Crippen molar-refractivity contribution in [3.05, 3.63) is 29.8 Å². The molecule has 2 aliphatic rings. The van der Waals surface area contributed by atoms with Gasteiger partial charge in [-0.05, 0) is 24.6 Å². The number of methoxy groups -OCH3 is 1. The second-order valence-corrected chi connectivity index (χ2v) is 6.74. The zero-order valence-electron chi connectivity index (χ0n) is 15.4. The molecule has 2 heterocycles. The first-order valence-electron chi connectivity index (χ1n) is 9.13. The average Bonchev–Trinajstić information content (AvgIpc) is 2.68. The molecule has 7 heteroatoms. The van der Waals surface area contributed by atoms with Crippen LogP contribution in [0, 0.1) is 0 Å². The highest BCUT2D eigenvalue weighted by molar-refractivity contribution is 5.83. The molecule has 0 radical (unpaired) electrons. The Morgan fingerprint density at radius 1 is 1.23 bits per heavy atom. The number of hydrogen-bond donors (Lipinski definition) is 1. The van der Waals surface area contributed by atoms with E-state index < -0.39 is 0 Å². The molecule has 1 aromatic carbocycles. The Hall–Kier alpha value is -2.12. The predicted octanol–water partition coefficient (Wildman–Crippen LogP) is 0.285. The molecule has 0 spiro atoms. The van der Waals surface area contributed by atoms with E-state index in [1.165, 1.54) is 0 Å². The van der Waals surface area contributed by atoms with E-state index in [0.29, 0.717) is 45.8 Å². The van der Waals surface area contributed by atoms with Crippen LogP contribution in [0.1, 0.15) is 12.5 Å². The number of morpholine rings is 1. The Kier molecular flexibility index (Phi) is 6.11. The number of ether oxygens (including phenoxy) is 2. The summed E-state index contributed by atoms with van der Waals surface area (Å²) in [5.74, 6) is 0.900. The second kappa shape index (κ2) is 8.51. The van der Waals surface area contributed by atoms with E-state index in [9.17, 15) is 9.59 Å². The third-order valence-corrected chi connectivity index (χ3v) is 5.02. The molecule has 0 unspecified atom stereocenters. The molecule has 2 atom stereocenters. The second-order valence-electron chi connectivity index (χ2n) is 6.74. The number of hydrogen-bond acceptors (Lipinski definition) is 5. The number of carbonyl (C=O) groups is 2. The van der Waals surface area contributed by atoms with E-state index in [1.54, 1.807) is 7.11 Å². The maximum Gasteiger partial charge on any atom is 0.242 e. The van der Waals surface area contributed by atoms with Gasteiger partial charge in [0.05, 0.1) is 26.2 Å². The summed E-state index contributed by atoms with van der Waals surface area (Å²) in [7, 11) is 1.62. The predicted molar refractivity (Wildman–Crippen MR) is 97.1 cm³/mol. The first kappa shape index (κ1) is 18.7. The Labute approximate surface area is 154 Å². The molecule has 7 nitrogen and oxygen atoms in total. The lowest BCUT2D eigenvalue weighted by atomic mass is 10.1. The van der Waals surface area contributed by atoms with Crippen molar-refractivity contribution in [1.29, 1.82) is 0 Å².